The van der Waals surface area contributed by atoms with Crippen molar-refractivity contribution < 1.29 is 14.3 Å². The van der Waals surface area contributed by atoms with Gasteiger partial charge in [0.1, 0.15) is 6.54 Å². The van der Waals surface area contributed by atoms with Crippen LogP contribution in [0.2, 0.25) is 0 Å². The molecule has 158 valence electrons. The van der Waals surface area contributed by atoms with Gasteiger partial charge in [-0.3, -0.25) is 14.2 Å². The van der Waals surface area contributed by atoms with E-state index in [1.165, 1.54) is 18.8 Å². The van der Waals surface area contributed by atoms with Crippen LogP contribution in [0.4, 0.5) is 5.69 Å². The number of nitrogens with zero attached hydrogens (tertiary/aromatic N) is 4. The SMILES string of the molecule is COc1ccc(NC(=O)Cn2c(-n3nc(C)cc3C)nc(C)c(C)c2=O)cc1OC. The van der Waals surface area contributed by atoms with Crippen molar-refractivity contribution in [2.75, 3.05) is 19.5 Å². The van der Waals surface area contributed by atoms with Crippen LogP contribution in [0.5, 0.6) is 11.5 Å². The predicted molar refractivity (Wildman–Crippen MR) is 113 cm³/mol. The first-order valence-corrected chi connectivity index (χ1v) is 9.38. The van der Waals surface area contributed by atoms with E-state index in [0.717, 1.165) is 11.4 Å². The highest BCUT2D eigenvalue weighted by atomic mass is 16.5. The smallest absolute Gasteiger partial charge is 0.258 e. The maximum absolute atomic E-state index is 12.9. The minimum Gasteiger partial charge on any atom is -0.493 e. The lowest BCUT2D eigenvalue weighted by atomic mass is 10.2. The molecule has 2 aromatic heterocycles. The van der Waals surface area contributed by atoms with Gasteiger partial charge in [-0.15, -0.1) is 0 Å². The monoisotopic (exact) mass is 411 g/mol. The molecule has 2 heterocycles. The number of methoxy groups -OCH3 is 2. The van der Waals surface area contributed by atoms with Crippen LogP contribution in [0.3, 0.4) is 0 Å². The fourth-order valence-corrected chi connectivity index (χ4v) is 3.14. The van der Waals surface area contributed by atoms with Gasteiger partial charge in [0, 0.05) is 28.7 Å². The van der Waals surface area contributed by atoms with Crippen LogP contribution >= 0.6 is 0 Å². The van der Waals surface area contributed by atoms with Crippen molar-refractivity contribution in [1.82, 2.24) is 19.3 Å². The standard InChI is InChI=1S/C21H25N5O4/c1-12-9-13(2)26(24-12)21-22-15(4)14(3)20(28)25(21)11-19(27)23-16-7-8-17(29-5)18(10-16)30-6/h7-10H,11H2,1-6H3,(H,23,27). The predicted octanol–water partition coefficient (Wildman–Crippen LogP) is 2.32. The van der Waals surface area contributed by atoms with Crippen LogP contribution in [-0.2, 0) is 11.3 Å². The molecule has 1 amide bonds. The summed E-state index contributed by atoms with van der Waals surface area (Å²) in [6.07, 6.45) is 0. The van der Waals surface area contributed by atoms with Crippen LogP contribution in [0.15, 0.2) is 29.1 Å². The van der Waals surface area contributed by atoms with Gasteiger partial charge in [-0.25, -0.2) is 9.67 Å². The molecule has 0 saturated heterocycles. The van der Waals surface area contributed by atoms with Gasteiger partial charge in [0.15, 0.2) is 11.5 Å². The van der Waals surface area contributed by atoms with Gasteiger partial charge in [-0.05, 0) is 45.9 Å². The zero-order chi connectivity index (χ0) is 22.0. The molecule has 9 nitrogen and oxygen atoms in total. The highest BCUT2D eigenvalue weighted by Gasteiger charge is 2.18. The molecule has 0 fully saturated rings. The van der Waals surface area contributed by atoms with Crippen molar-refractivity contribution >= 4 is 11.6 Å². The highest BCUT2D eigenvalue weighted by Crippen LogP contribution is 2.29. The number of amides is 1. The maximum atomic E-state index is 12.9. The third-order valence-corrected chi connectivity index (χ3v) is 4.79. The van der Waals surface area contributed by atoms with E-state index in [9.17, 15) is 9.59 Å². The number of carbonyl (C=O) groups excluding carboxylic acids is 1. The zero-order valence-corrected chi connectivity index (χ0v) is 17.9. The summed E-state index contributed by atoms with van der Waals surface area (Å²) in [5.74, 6) is 0.967. The van der Waals surface area contributed by atoms with Crippen LogP contribution in [-0.4, -0.2) is 39.5 Å². The molecule has 0 radical (unpaired) electrons. The molecule has 0 aliphatic heterocycles. The molecule has 30 heavy (non-hydrogen) atoms. The van der Waals surface area contributed by atoms with E-state index >= 15 is 0 Å². The Morgan fingerprint density at radius 2 is 1.77 bits per heavy atom. The second-order valence-electron chi connectivity index (χ2n) is 6.97. The Morgan fingerprint density at radius 1 is 1.07 bits per heavy atom. The molecule has 0 aliphatic carbocycles. The molecule has 0 aliphatic rings. The van der Waals surface area contributed by atoms with Gasteiger partial charge in [0.05, 0.1) is 19.9 Å². The molecule has 0 bridgehead atoms. The van der Waals surface area contributed by atoms with Crippen LogP contribution in [0, 0.1) is 27.7 Å². The molecule has 3 aromatic rings. The van der Waals surface area contributed by atoms with Crippen molar-refractivity contribution in [2.24, 2.45) is 0 Å². The van der Waals surface area contributed by atoms with E-state index in [1.807, 2.05) is 19.9 Å². The minimum atomic E-state index is -0.378. The Hall–Kier alpha value is -3.62. The summed E-state index contributed by atoms with van der Waals surface area (Å²) in [5.41, 5.74) is 2.93. The number of benzene rings is 1. The van der Waals surface area contributed by atoms with Crippen molar-refractivity contribution in [3.05, 3.63) is 57.3 Å². The maximum Gasteiger partial charge on any atom is 0.258 e. The Balaban J connectivity index is 1.96. The number of anilines is 1. The Labute approximate surface area is 174 Å². The normalized spacial score (nSPS) is 10.7. The number of aromatic nitrogens is 4. The molecule has 3 rings (SSSR count). The summed E-state index contributed by atoms with van der Waals surface area (Å²) < 4.78 is 13.4. The van der Waals surface area contributed by atoms with E-state index in [-0.39, 0.29) is 18.0 Å². The fourth-order valence-electron chi connectivity index (χ4n) is 3.14. The second-order valence-corrected chi connectivity index (χ2v) is 6.97. The topological polar surface area (TPSA) is 100 Å². The summed E-state index contributed by atoms with van der Waals surface area (Å²) in [6, 6.07) is 6.93. The Bertz CT molecular complexity index is 1160. The van der Waals surface area contributed by atoms with Crippen LogP contribution in [0.25, 0.3) is 5.95 Å². The van der Waals surface area contributed by atoms with Gasteiger partial charge in [-0.1, -0.05) is 0 Å². The van der Waals surface area contributed by atoms with Crippen LogP contribution < -0.4 is 20.3 Å². The molecule has 0 unspecified atom stereocenters. The summed E-state index contributed by atoms with van der Waals surface area (Å²) in [7, 11) is 3.06. The molecule has 0 saturated carbocycles. The van der Waals surface area contributed by atoms with E-state index in [0.29, 0.717) is 34.4 Å². The summed E-state index contributed by atoms with van der Waals surface area (Å²) >= 11 is 0. The summed E-state index contributed by atoms with van der Waals surface area (Å²) in [6.45, 7) is 6.97. The lowest BCUT2D eigenvalue weighted by molar-refractivity contribution is -0.116. The average molecular weight is 411 g/mol. The quantitative estimate of drug-likeness (QED) is 0.668. The van der Waals surface area contributed by atoms with Crippen molar-refractivity contribution in [3.8, 4) is 17.4 Å². The van der Waals surface area contributed by atoms with Gasteiger partial charge < -0.3 is 14.8 Å². The second kappa shape index (κ2) is 8.40. The van der Waals surface area contributed by atoms with Crippen molar-refractivity contribution in [1.29, 1.82) is 0 Å². The average Bonchev–Trinajstić information content (AvgIpc) is 3.05. The number of ether oxygens (including phenoxy) is 2. The summed E-state index contributed by atoms with van der Waals surface area (Å²) in [5, 5.41) is 7.20. The number of rotatable bonds is 6. The first kappa shape index (κ1) is 21.1. The highest BCUT2D eigenvalue weighted by molar-refractivity contribution is 5.91. The number of hydrogen-bond acceptors (Lipinski definition) is 6. The van der Waals surface area contributed by atoms with E-state index in [1.54, 1.807) is 36.7 Å². The third-order valence-electron chi connectivity index (χ3n) is 4.79. The first-order valence-electron chi connectivity index (χ1n) is 9.38. The van der Waals surface area contributed by atoms with Gasteiger partial charge >= 0.3 is 0 Å². The van der Waals surface area contributed by atoms with Crippen molar-refractivity contribution in [2.45, 2.75) is 34.2 Å². The largest absolute Gasteiger partial charge is 0.493 e. The van der Waals surface area contributed by atoms with Gasteiger partial charge in [-0.2, -0.15) is 5.10 Å². The Kier molecular flexibility index (Phi) is 5.91. The molecule has 0 spiro atoms. The molecule has 9 heteroatoms. The molecular weight excluding hydrogens is 386 g/mol. The van der Waals surface area contributed by atoms with Crippen molar-refractivity contribution in [3.63, 3.8) is 0 Å². The van der Waals surface area contributed by atoms with Gasteiger partial charge in [0.25, 0.3) is 5.56 Å². The summed E-state index contributed by atoms with van der Waals surface area (Å²) in [4.78, 5) is 30.2. The molecule has 1 N–H and O–H groups in total. The van der Waals surface area contributed by atoms with E-state index in [4.69, 9.17) is 9.47 Å². The molecule has 0 atom stereocenters. The Morgan fingerprint density at radius 3 is 2.37 bits per heavy atom. The lowest BCUT2D eigenvalue weighted by Crippen LogP contribution is -2.33. The number of aryl methyl sites for hydroxylation is 3. The molecular formula is C21H25N5O4. The number of carbonyl (C=O) groups is 1. The van der Waals surface area contributed by atoms with Gasteiger partial charge in [0.2, 0.25) is 11.9 Å². The number of nitrogens with one attached hydrogen (secondary N) is 1. The van der Waals surface area contributed by atoms with Crippen LogP contribution in [0.1, 0.15) is 22.6 Å². The lowest BCUT2D eigenvalue weighted by Gasteiger charge is -2.15. The first-order chi connectivity index (χ1) is 14.2. The fraction of sp³-hybridized carbons (Fsp3) is 0.333. The van der Waals surface area contributed by atoms with E-state index < -0.39 is 0 Å². The van der Waals surface area contributed by atoms with E-state index in [2.05, 4.69) is 15.4 Å². The number of hydrogen-bond donors (Lipinski definition) is 1. The minimum absolute atomic E-state index is 0.213. The third kappa shape index (κ3) is 4.05. The zero-order valence-electron chi connectivity index (χ0n) is 17.9. The molecule has 1 aromatic carbocycles.